The number of likely N-dealkylation sites (N-methyl/N-ethyl adjacent to an activating group) is 1. The third kappa shape index (κ3) is 3.76. The zero-order valence-corrected chi connectivity index (χ0v) is 19.2. The van der Waals surface area contributed by atoms with Crippen LogP contribution in [0.5, 0.6) is 17.2 Å². The summed E-state index contributed by atoms with van der Waals surface area (Å²) < 4.78 is 16.5. The van der Waals surface area contributed by atoms with E-state index in [0.717, 1.165) is 27.8 Å². The van der Waals surface area contributed by atoms with Crippen molar-refractivity contribution in [1.82, 2.24) is 4.90 Å². The van der Waals surface area contributed by atoms with Gasteiger partial charge in [-0.1, -0.05) is 12.1 Å². The van der Waals surface area contributed by atoms with Crippen molar-refractivity contribution >= 4 is 45.8 Å². The molecule has 32 heavy (non-hydrogen) atoms. The van der Waals surface area contributed by atoms with Crippen LogP contribution in [-0.4, -0.2) is 43.8 Å². The van der Waals surface area contributed by atoms with Gasteiger partial charge < -0.3 is 19.1 Å². The number of carbonyl (C=O) groups excluding carboxylic acids is 1. The number of amides is 1. The molecule has 0 bridgehead atoms. The number of thiocarbonyl (C=S) groups is 1. The maximum atomic E-state index is 13.4. The van der Waals surface area contributed by atoms with Crippen LogP contribution in [0.1, 0.15) is 12.5 Å². The van der Waals surface area contributed by atoms with Crippen molar-refractivity contribution in [3.63, 3.8) is 0 Å². The van der Waals surface area contributed by atoms with Crippen LogP contribution in [0, 0.1) is 0 Å². The molecule has 1 fully saturated rings. The Bertz CT molecular complexity index is 1220. The van der Waals surface area contributed by atoms with Gasteiger partial charge in [0.05, 0.1) is 26.5 Å². The smallest absolute Gasteiger partial charge is 0.281 e. The summed E-state index contributed by atoms with van der Waals surface area (Å²) in [5.74, 6) is 1.92. The van der Waals surface area contributed by atoms with Crippen molar-refractivity contribution < 1.29 is 19.0 Å². The fourth-order valence-corrected chi connectivity index (χ4v) is 4.02. The van der Waals surface area contributed by atoms with Gasteiger partial charge in [-0.25, -0.2) is 0 Å². The van der Waals surface area contributed by atoms with Crippen LogP contribution >= 0.6 is 12.2 Å². The highest BCUT2D eigenvalue weighted by atomic mass is 32.1. The zero-order valence-electron chi connectivity index (χ0n) is 18.4. The van der Waals surface area contributed by atoms with Gasteiger partial charge in [0.2, 0.25) is 0 Å². The third-order valence-electron chi connectivity index (χ3n) is 5.40. The number of hydrogen-bond donors (Lipinski definition) is 0. The number of benzene rings is 3. The van der Waals surface area contributed by atoms with E-state index in [-0.39, 0.29) is 5.91 Å². The van der Waals surface area contributed by atoms with E-state index in [1.54, 1.807) is 26.2 Å². The van der Waals surface area contributed by atoms with E-state index < -0.39 is 0 Å². The Hall–Kier alpha value is -3.58. The molecule has 1 aliphatic heterocycles. The van der Waals surface area contributed by atoms with E-state index >= 15 is 0 Å². The second kappa shape index (κ2) is 8.88. The number of methoxy groups -OCH3 is 2. The molecule has 3 aromatic rings. The minimum atomic E-state index is -0.205. The lowest BCUT2D eigenvalue weighted by atomic mass is 10.0. The average Bonchev–Trinajstić information content (AvgIpc) is 3.02. The molecule has 1 amide bonds. The van der Waals surface area contributed by atoms with Gasteiger partial charge >= 0.3 is 0 Å². The summed E-state index contributed by atoms with van der Waals surface area (Å²) in [5.41, 5.74) is 1.93. The molecule has 0 aliphatic carbocycles. The molecule has 7 heteroatoms. The predicted octanol–water partition coefficient (Wildman–Crippen LogP) is 4.86. The topological polar surface area (TPSA) is 51.2 Å². The molecule has 0 aromatic heterocycles. The number of anilines is 1. The number of carbonyl (C=O) groups is 1. The summed E-state index contributed by atoms with van der Waals surface area (Å²) in [6.07, 6.45) is 1.82. The van der Waals surface area contributed by atoms with E-state index in [2.05, 4.69) is 0 Å². The molecular formula is C25H24N2O4S. The van der Waals surface area contributed by atoms with Gasteiger partial charge in [0.1, 0.15) is 22.9 Å². The van der Waals surface area contributed by atoms with Gasteiger partial charge in [0.25, 0.3) is 5.91 Å². The highest BCUT2D eigenvalue weighted by molar-refractivity contribution is 7.80. The van der Waals surface area contributed by atoms with Crippen LogP contribution in [0.15, 0.2) is 60.3 Å². The van der Waals surface area contributed by atoms with Gasteiger partial charge in [0, 0.05) is 12.6 Å². The molecule has 0 saturated carbocycles. The first-order valence-corrected chi connectivity index (χ1v) is 10.6. The molecular weight excluding hydrogens is 424 g/mol. The van der Waals surface area contributed by atoms with Crippen molar-refractivity contribution in [2.24, 2.45) is 0 Å². The largest absolute Gasteiger partial charge is 0.497 e. The van der Waals surface area contributed by atoms with Crippen LogP contribution in [0.2, 0.25) is 0 Å². The van der Waals surface area contributed by atoms with E-state index in [0.29, 0.717) is 28.9 Å². The SMILES string of the molecule is CCOc1ccc(N2C(=O)/C(=C/c3c(OC)ccc4ccc(OC)cc34)N(C)C2=S)cc1. The lowest BCUT2D eigenvalue weighted by Gasteiger charge is -2.17. The van der Waals surface area contributed by atoms with E-state index in [1.807, 2.05) is 67.6 Å². The maximum Gasteiger partial charge on any atom is 0.281 e. The monoisotopic (exact) mass is 448 g/mol. The van der Waals surface area contributed by atoms with Crippen molar-refractivity contribution in [1.29, 1.82) is 0 Å². The number of nitrogens with zero attached hydrogens (tertiary/aromatic N) is 2. The van der Waals surface area contributed by atoms with Gasteiger partial charge in [-0.05, 0) is 78.5 Å². The van der Waals surface area contributed by atoms with Crippen LogP contribution in [0.4, 0.5) is 5.69 Å². The third-order valence-corrected chi connectivity index (χ3v) is 5.86. The minimum absolute atomic E-state index is 0.205. The molecule has 1 heterocycles. The lowest BCUT2D eigenvalue weighted by molar-refractivity contribution is -0.114. The molecule has 4 rings (SSSR count). The van der Waals surface area contributed by atoms with Crippen LogP contribution < -0.4 is 19.1 Å². The Kier molecular flexibility index (Phi) is 6.01. The number of fused-ring (bicyclic) bond motifs is 1. The second-order valence-corrected chi connectivity index (χ2v) is 7.57. The normalized spacial score (nSPS) is 15.1. The Morgan fingerprint density at radius 3 is 2.31 bits per heavy atom. The molecule has 0 N–H and O–H groups in total. The second-order valence-electron chi connectivity index (χ2n) is 7.21. The van der Waals surface area contributed by atoms with Crippen LogP contribution in [0.25, 0.3) is 16.8 Å². The standard InChI is InChI=1S/C25H24N2O4S/c1-5-31-18-11-8-17(9-12-18)27-24(28)22(26(2)25(27)32)15-21-20-14-19(29-3)10-6-16(20)7-13-23(21)30-4/h6-15H,5H2,1-4H3/b22-15-. The first-order chi connectivity index (χ1) is 15.5. The summed E-state index contributed by atoms with van der Waals surface area (Å²) in [7, 11) is 5.03. The quantitative estimate of drug-likeness (QED) is 0.397. The highest BCUT2D eigenvalue weighted by Crippen LogP contribution is 2.35. The molecule has 0 unspecified atom stereocenters. The Labute approximate surface area is 192 Å². The van der Waals surface area contributed by atoms with E-state index in [4.69, 9.17) is 26.4 Å². The summed E-state index contributed by atoms with van der Waals surface area (Å²) in [6.45, 7) is 2.50. The number of rotatable bonds is 6. The lowest BCUT2D eigenvalue weighted by Crippen LogP contribution is -2.31. The predicted molar refractivity (Wildman–Crippen MR) is 130 cm³/mol. The van der Waals surface area contributed by atoms with Crippen LogP contribution in [0.3, 0.4) is 0 Å². The first kappa shape index (κ1) is 21.6. The minimum Gasteiger partial charge on any atom is -0.497 e. The van der Waals surface area contributed by atoms with Crippen molar-refractivity contribution in [3.8, 4) is 17.2 Å². The molecule has 0 radical (unpaired) electrons. The summed E-state index contributed by atoms with van der Waals surface area (Å²) in [4.78, 5) is 16.7. The van der Waals surface area contributed by atoms with Crippen molar-refractivity contribution in [3.05, 3.63) is 65.9 Å². The molecule has 0 atom stereocenters. The van der Waals surface area contributed by atoms with Gasteiger partial charge in [0.15, 0.2) is 5.11 Å². The molecule has 164 valence electrons. The summed E-state index contributed by atoms with van der Waals surface area (Å²) >= 11 is 5.60. The maximum absolute atomic E-state index is 13.4. The molecule has 1 saturated heterocycles. The van der Waals surface area contributed by atoms with Gasteiger partial charge in [-0.2, -0.15) is 0 Å². The summed E-state index contributed by atoms with van der Waals surface area (Å²) in [5, 5.41) is 2.34. The van der Waals surface area contributed by atoms with E-state index in [9.17, 15) is 4.79 Å². The fourth-order valence-electron chi connectivity index (χ4n) is 3.73. The van der Waals surface area contributed by atoms with Crippen LogP contribution in [-0.2, 0) is 4.79 Å². The van der Waals surface area contributed by atoms with E-state index in [1.165, 1.54) is 4.90 Å². The van der Waals surface area contributed by atoms with Crippen molar-refractivity contribution in [2.75, 3.05) is 32.8 Å². The van der Waals surface area contributed by atoms with Gasteiger partial charge in [-0.15, -0.1) is 0 Å². The average molecular weight is 449 g/mol. The molecule has 3 aromatic carbocycles. The first-order valence-electron chi connectivity index (χ1n) is 10.2. The zero-order chi connectivity index (χ0) is 22.8. The molecule has 6 nitrogen and oxygen atoms in total. The summed E-state index contributed by atoms with van der Waals surface area (Å²) in [6, 6.07) is 17.0. The molecule has 0 spiro atoms. The van der Waals surface area contributed by atoms with Gasteiger partial charge in [-0.3, -0.25) is 9.69 Å². The Morgan fingerprint density at radius 1 is 0.969 bits per heavy atom. The van der Waals surface area contributed by atoms with Crippen molar-refractivity contribution in [2.45, 2.75) is 6.92 Å². The Morgan fingerprint density at radius 2 is 1.66 bits per heavy atom. The molecule has 1 aliphatic rings. The number of hydrogen-bond acceptors (Lipinski definition) is 5. The highest BCUT2D eigenvalue weighted by Gasteiger charge is 2.37. The Balaban J connectivity index is 1.80. The number of ether oxygens (including phenoxy) is 3. The fraction of sp³-hybridized carbons (Fsp3) is 0.200.